The van der Waals surface area contributed by atoms with Crippen LogP contribution < -0.4 is 10.6 Å². The van der Waals surface area contributed by atoms with Gasteiger partial charge in [0.1, 0.15) is 17.7 Å². The normalized spacial score (nSPS) is 13.2. The molecule has 0 fully saturated rings. The standard InChI is InChI=1S/C25H41N3O4/c1-8-10-14-17-26-22(29)21(19-15-12-11-13-16-19)28(9-2)23(30)20(18(3)4)27-24(31)32-25(5,6)7/h11-13,15-16,18,20-21H,8-10,14,17H2,1-7H3,(H,26,29)(H,27,31). The molecule has 1 rings (SSSR count). The summed E-state index contributed by atoms with van der Waals surface area (Å²) in [4.78, 5) is 40.7. The molecule has 0 aliphatic carbocycles. The predicted molar refractivity (Wildman–Crippen MR) is 127 cm³/mol. The van der Waals surface area contributed by atoms with Crippen molar-refractivity contribution >= 4 is 17.9 Å². The van der Waals surface area contributed by atoms with Crippen LogP contribution in [-0.4, -0.2) is 47.5 Å². The van der Waals surface area contributed by atoms with Gasteiger partial charge in [0.05, 0.1) is 0 Å². The van der Waals surface area contributed by atoms with Crippen molar-refractivity contribution in [3.63, 3.8) is 0 Å². The Hall–Kier alpha value is -2.57. The van der Waals surface area contributed by atoms with Crippen LogP contribution in [-0.2, 0) is 14.3 Å². The lowest BCUT2D eigenvalue weighted by Gasteiger charge is -2.35. The average Bonchev–Trinajstić information content (AvgIpc) is 2.71. The lowest BCUT2D eigenvalue weighted by Crippen LogP contribution is -2.54. The SMILES string of the molecule is CCCCCNC(=O)C(c1ccccc1)N(CC)C(=O)C(NC(=O)OC(C)(C)C)C(C)C. The molecule has 1 aromatic carbocycles. The molecular formula is C25H41N3O4. The summed E-state index contributed by atoms with van der Waals surface area (Å²) in [5.41, 5.74) is 0.0554. The quantitative estimate of drug-likeness (QED) is 0.491. The highest BCUT2D eigenvalue weighted by Gasteiger charge is 2.36. The van der Waals surface area contributed by atoms with E-state index in [0.717, 1.165) is 24.8 Å². The van der Waals surface area contributed by atoms with Gasteiger partial charge in [-0.25, -0.2) is 4.79 Å². The van der Waals surface area contributed by atoms with Crippen molar-refractivity contribution in [2.45, 2.75) is 85.4 Å². The van der Waals surface area contributed by atoms with Crippen LogP contribution in [0, 0.1) is 5.92 Å². The zero-order chi connectivity index (χ0) is 24.3. The van der Waals surface area contributed by atoms with E-state index in [1.54, 1.807) is 20.8 Å². The van der Waals surface area contributed by atoms with Gasteiger partial charge in [0.15, 0.2) is 0 Å². The second kappa shape index (κ2) is 13.1. The molecule has 2 N–H and O–H groups in total. The summed E-state index contributed by atoms with van der Waals surface area (Å²) >= 11 is 0. The lowest BCUT2D eigenvalue weighted by molar-refractivity contribution is -0.143. The number of likely N-dealkylation sites (N-methyl/N-ethyl adjacent to an activating group) is 1. The Labute approximate surface area is 193 Å². The number of ether oxygens (including phenoxy) is 1. The van der Waals surface area contributed by atoms with Crippen LogP contribution in [0.5, 0.6) is 0 Å². The molecule has 180 valence electrons. The molecule has 0 heterocycles. The number of rotatable bonds is 11. The molecule has 2 atom stereocenters. The van der Waals surface area contributed by atoms with Gasteiger partial charge in [0, 0.05) is 13.1 Å². The molecule has 0 radical (unpaired) electrons. The monoisotopic (exact) mass is 447 g/mol. The van der Waals surface area contributed by atoms with Gasteiger partial charge in [-0.1, -0.05) is 63.9 Å². The number of hydrogen-bond donors (Lipinski definition) is 2. The predicted octanol–water partition coefficient (Wildman–Crippen LogP) is 4.43. The zero-order valence-corrected chi connectivity index (χ0v) is 20.7. The minimum absolute atomic E-state index is 0.187. The summed E-state index contributed by atoms with van der Waals surface area (Å²) < 4.78 is 5.35. The van der Waals surface area contributed by atoms with Gasteiger partial charge >= 0.3 is 6.09 Å². The fraction of sp³-hybridized carbons (Fsp3) is 0.640. The first-order valence-corrected chi connectivity index (χ1v) is 11.6. The van der Waals surface area contributed by atoms with E-state index >= 15 is 0 Å². The molecule has 0 aliphatic rings. The Bertz CT molecular complexity index is 728. The fourth-order valence-corrected chi connectivity index (χ4v) is 3.38. The third-order valence-corrected chi connectivity index (χ3v) is 4.98. The lowest BCUT2D eigenvalue weighted by atomic mass is 9.99. The molecule has 0 spiro atoms. The third kappa shape index (κ3) is 8.89. The van der Waals surface area contributed by atoms with Gasteiger partial charge in [-0.05, 0) is 45.6 Å². The molecule has 3 amide bonds. The number of nitrogens with zero attached hydrogens (tertiary/aromatic N) is 1. The van der Waals surface area contributed by atoms with Crippen molar-refractivity contribution in [2.75, 3.05) is 13.1 Å². The Morgan fingerprint density at radius 3 is 2.16 bits per heavy atom. The maximum atomic E-state index is 13.6. The summed E-state index contributed by atoms with van der Waals surface area (Å²) in [7, 11) is 0. The number of unbranched alkanes of at least 4 members (excludes halogenated alkanes) is 2. The van der Waals surface area contributed by atoms with E-state index < -0.39 is 23.8 Å². The molecule has 7 heteroatoms. The number of benzene rings is 1. The minimum atomic E-state index is -0.816. The number of nitrogens with one attached hydrogen (secondary N) is 2. The Kier molecular flexibility index (Phi) is 11.2. The number of amides is 3. The van der Waals surface area contributed by atoms with Crippen molar-refractivity contribution < 1.29 is 19.1 Å². The first-order valence-electron chi connectivity index (χ1n) is 11.6. The summed E-state index contributed by atoms with van der Waals surface area (Å²) in [6.07, 6.45) is 2.32. The van der Waals surface area contributed by atoms with Gasteiger partial charge in [0.2, 0.25) is 11.8 Å². The maximum absolute atomic E-state index is 13.6. The van der Waals surface area contributed by atoms with Gasteiger partial charge in [-0.15, -0.1) is 0 Å². The molecule has 0 saturated heterocycles. The first kappa shape index (κ1) is 27.5. The summed E-state index contributed by atoms with van der Waals surface area (Å²) in [5.74, 6) is -0.721. The van der Waals surface area contributed by atoms with E-state index in [1.165, 1.54) is 4.90 Å². The van der Waals surface area contributed by atoms with E-state index in [9.17, 15) is 14.4 Å². The van der Waals surface area contributed by atoms with Crippen molar-refractivity contribution in [1.82, 2.24) is 15.5 Å². The second-order valence-corrected chi connectivity index (χ2v) is 9.30. The summed E-state index contributed by atoms with van der Waals surface area (Å²) in [6, 6.07) is 7.67. The summed E-state index contributed by atoms with van der Waals surface area (Å²) in [5, 5.41) is 5.69. The zero-order valence-electron chi connectivity index (χ0n) is 20.7. The van der Waals surface area contributed by atoms with E-state index in [0.29, 0.717) is 13.1 Å². The van der Waals surface area contributed by atoms with Crippen LogP contribution in [0.1, 0.15) is 79.3 Å². The Balaban J connectivity index is 3.16. The van der Waals surface area contributed by atoms with E-state index in [4.69, 9.17) is 4.74 Å². The van der Waals surface area contributed by atoms with E-state index in [1.807, 2.05) is 51.1 Å². The highest BCUT2D eigenvalue weighted by molar-refractivity contribution is 5.92. The molecule has 2 unspecified atom stereocenters. The molecule has 1 aromatic rings. The van der Waals surface area contributed by atoms with E-state index in [2.05, 4.69) is 17.6 Å². The van der Waals surface area contributed by atoms with Crippen molar-refractivity contribution in [3.8, 4) is 0 Å². The van der Waals surface area contributed by atoms with Crippen molar-refractivity contribution in [3.05, 3.63) is 35.9 Å². The van der Waals surface area contributed by atoms with Crippen LogP contribution in [0.25, 0.3) is 0 Å². The fourth-order valence-electron chi connectivity index (χ4n) is 3.38. The van der Waals surface area contributed by atoms with Crippen molar-refractivity contribution in [1.29, 1.82) is 0 Å². The number of carbonyl (C=O) groups is 3. The third-order valence-electron chi connectivity index (χ3n) is 4.98. The smallest absolute Gasteiger partial charge is 0.408 e. The van der Waals surface area contributed by atoms with Gasteiger partial charge in [0.25, 0.3) is 0 Å². The second-order valence-electron chi connectivity index (χ2n) is 9.30. The molecule has 0 aliphatic heterocycles. The highest BCUT2D eigenvalue weighted by Crippen LogP contribution is 2.23. The molecule has 0 aromatic heterocycles. The Morgan fingerprint density at radius 2 is 1.66 bits per heavy atom. The van der Waals surface area contributed by atoms with Crippen LogP contribution in [0.2, 0.25) is 0 Å². The van der Waals surface area contributed by atoms with Crippen LogP contribution in [0.15, 0.2) is 30.3 Å². The van der Waals surface area contributed by atoms with Gasteiger partial charge in [-0.2, -0.15) is 0 Å². The summed E-state index contributed by atoms with van der Waals surface area (Å²) in [6.45, 7) is 13.8. The van der Waals surface area contributed by atoms with E-state index in [-0.39, 0.29) is 17.7 Å². The maximum Gasteiger partial charge on any atom is 0.408 e. The minimum Gasteiger partial charge on any atom is -0.444 e. The molecule has 7 nitrogen and oxygen atoms in total. The largest absolute Gasteiger partial charge is 0.444 e. The van der Waals surface area contributed by atoms with Crippen molar-refractivity contribution in [2.24, 2.45) is 5.92 Å². The van der Waals surface area contributed by atoms with Crippen LogP contribution in [0.4, 0.5) is 4.79 Å². The van der Waals surface area contributed by atoms with Gasteiger partial charge < -0.3 is 20.3 Å². The molecule has 0 bridgehead atoms. The molecule has 0 saturated carbocycles. The number of hydrogen-bond acceptors (Lipinski definition) is 4. The number of alkyl carbamates (subject to hydrolysis) is 1. The highest BCUT2D eigenvalue weighted by atomic mass is 16.6. The van der Waals surface area contributed by atoms with Crippen LogP contribution in [0.3, 0.4) is 0 Å². The molecular weight excluding hydrogens is 406 g/mol. The number of carbonyl (C=O) groups excluding carboxylic acids is 3. The average molecular weight is 448 g/mol. The Morgan fingerprint density at radius 1 is 1.03 bits per heavy atom. The first-order chi connectivity index (χ1) is 15.0. The van der Waals surface area contributed by atoms with Crippen LogP contribution >= 0.6 is 0 Å². The molecule has 32 heavy (non-hydrogen) atoms. The topological polar surface area (TPSA) is 87.7 Å². The van der Waals surface area contributed by atoms with Gasteiger partial charge in [-0.3, -0.25) is 9.59 Å².